The van der Waals surface area contributed by atoms with E-state index in [-0.39, 0.29) is 5.41 Å². The summed E-state index contributed by atoms with van der Waals surface area (Å²) >= 11 is 0. The van der Waals surface area contributed by atoms with Crippen molar-refractivity contribution in [2.45, 2.75) is 12.3 Å². The molecule has 0 saturated carbocycles. The fourth-order valence-electron chi connectivity index (χ4n) is 9.45. The molecule has 1 aliphatic carbocycles. The molecule has 0 fully saturated rings. The summed E-state index contributed by atoms with van der Waals surface area (Å²) in [5.74, 6) is 0. The van der Waals surface area contributed by atoms with E-state index < -0.39 is 0 Å². The first-order valence-corrected chi connectivity index (χ1v) is 20.0. The number of benzene rings is 9. The zero-order valence-electron chi connectivity index (χ0n) is 32.1. The van der Waals surface area contributed by atoms with Crippen molar-refractivity contribution < 1.29 is 4.42 Å². The molecule has 0 aliphatic heterocycles. The molecule has 0 N–H and O–H groups in total. The highest BCUT2D eigenvalue weighted by atomic mass is 16.3. The fraction of sp³-hybridized carbons (Fsp3) is 0.0357. The van der Waals surface area contributed by atoms with Crippen LogP contribution in [-0.2, 0) is 5.41 Å². The van der Waals surface area contributed by atoms with Crippen LogP contribution in [-0.4, -0.2) is 0 Å². The van der Waals surface area contributed by atoms with Crippen LogP contribution >= 0.6 is 0 Å². The Labute approximate surface area is 338 Å². The highest BCUT2D eigenvalue weighted by Gasteiger charge is 2.41. The maximum Gasteiger partial charge on any atom is 0.159 e. The van der Waals surface area contributed by atoms with Crippen molar-refractivity contribution in [1.29, 1.82) is 0 Å². The molecule has 11 rings (SSSR count). The third kappa shape index (κ3) is 5.26. The zero-order valence-corrected chi connectivity index (χ0v) is 32.1. The van der Waals surface area contributed by atoms with Gasteiger partial charge in [-0.3, -0.25) is 0 Å². The van der Waals surface area contributed by atoms with Gasteiger partial charge in [0.25, 0.3) is 0 Å². The Morgan fingerprint density at radius 1 is 0.379 bits per heavy atom. The van der Waals surface area contributed by atoms with Crippen LogP contribution in [0.25, 0.3) is 66.4 Å². The molecule has 2 nitrogen and oxygen atoms in total. The highest BCUT2D eigenvalue weighted by molar-refractivity contribution is 6.11. The number of hydrogen-bond donors (Lipinski definition) is 0. The molecule has 2 heteroatoms. The van der Waals surface area contributed by atoms with E-state index in [9.17, 15) is 0 Å². The van der Waals surface area contributed by atoms with Gasteiger partial charge in [-0.2, -0.15) is 0 Å². The molecule has 0 amide bonds. The van der Waals surface area contributed by atoms with Crippen molar-refractivity contribution in [2.24, 2.45) is 0 Å². The van der Waals surface area contributed by atoms with Gasteiger partial charge >= 0.3 is 0 Å². The van der Waals surface area contributed by atoms with Gasteiger partial charge in [-0.15, -0.1) is 0 Å². The molecule has 1 unspecified atom stereocenters. The van der Waals surface area contributed by atoms with E-state index in [1.165, 1.54) is 50.1 Å². The molecule has 58 heavy (non-hydrogen) atoms. The van der Waals surface area contributed by atoms with Gasteiger partial charge in [0.2, 0.25) is 0 Å². The molecule has 0 saturated heterocycles. The third-order valence-electron chi connectivity index (χ3n) is 12.2. The van der Waals surface area contributed by atoms with E-state index >= 15 is 0 Å². The standard InChI is InChI=1S/C56H39NO/c1-56(39-21-6-3-7-22-39)50-31-15-12-27-45(50)46-36-35-40(37-51(46)56)57(53-33-18-30-49-48-29-14-17-34-54(48)58-55(49)53)52-32-16-13-28-47(52)44-26-11-10-25-43(44)42-24-9-8-23-41(42)38-19-4-2-5-20-38/h2-37H,1H3. The lowest BCUT2D eigenvalue weighted by atomic mass is 9.74. The van der Waals surface area contributed by atoms with Crippen LogP contribution in [0.1, 0.15) is 23.6 Å². The average molecular weight is 742 g/mol. The van der Waals surface area contributed by atoms with E-state index in [1.807, 2.05) is 6.07 Å². The minimum absolute atomic E-state index is 0.354. The lowest BCUT2D eigenvalue weighted by Gasteiger charge is -2.31. The van der Waals surface area contributed by atoms with Gasteiger partial charge in [0.05, 0.1) is 11.4 Å². The molecule has 0 spiro atoms. The Morgan fingerprint density at radius 3 is 1.69 bits per heavy atom. The van der Waals surface area contributed by atoms with Crippen LogP contribution in [0.4, 0.5) is 17.1 Å². The number of rotatable bonds is 7. The van der Waals surface area contributed by atoms with Gasteiger partial charge in [-0.05, 0) is 92.9 Å². The molecule has 1 aromatic heterocycles. The van der Waals surface area contributed by atoms with Crippen molar-refractivity contribution in [3.63, 3.8) is 0 Å². The lowest BCUT2D eigenvalue weighted by molar-refractivity contribution is 0.669. The van der Waals surface area contributed by atoms with Crippen LogP contribution in [0, 0.1) is 0 Å². The molecular weight excluding hydrogens is 703 g/mol. The second-order valence-corrected chi connectivity index (χ2v) is 15.3. The minimum atomic E-state index is -0.354. The van der Waals surface area contributed by atoms with Crippen LogP contribution in [0.5, 0.6) is 0 Å². The smallest absolute Gasteiger partial charge is 0.159 e. The predicted molar refractivity (Wildman–Crippen MR) is 242 cm³/mol. The SMILES string of the molecule is CC1(c2ccccc2)c2ccccc2-c2ccc(N(c3ccccc3-c3ccccc3-c3ccccc3-c3ccccc3)c3cccc4c3oc3ccccc34)cc21. The van der Waals surface area contributed by atoms with Crippen LogP contribution in [0.2, 0.25) is 0 Å². The van der Waals surface area contributed by atoms with Gasteiger partial charge in [-0.1, -0.05) is 188 Å². The van der Waals surface area contributed by atoms with Crippen LogP contribution < -0.4 is 4.90 Å². The second kappa shape index (κ2) is 13.7. The quantitative estimate of drug-likeness (QED) is 0.162. The number of nitrogens with zero attached hydrogens (tertiary/aromatic N) is 1. The maximum absolute atomic E-state index is 6.82. The molecule has 1 heterocycles. The van der Waals surface area contributed by atoms with Crippen LogP contribution in [0.15, 0.2) is 223 Å². The number of para-hydroxylation sites is 3. The van der Waals surface area contributed by atoms with Gasteiger partial charge in [0.15, 0.2) is 5.58 Å². The van der Waals surface area contributed by atoms with Gasteiger partial charge in [0, 0.05) is 27.4 Å². The van der Waals surface area contributed by atoms with E-state index in [0.717, 1.165) is 50.1 Å². The number of furan rings is 1. The van der Waals surface area contributed by atoms with E-state index in [2.05, 4.69) is 224 Å². The Morgan fingerprint density at radius 2 is 0.914 bits per heavy atom. The summed E-state index contributed by atoms with van der Waals surface area (Å²) in [6, 6.07) is 78.9. The first-order valence-electron chi connectivity index (χ1n) is 20.0. The van der Waals surface area contributed by atoms with Crippen molar-refractivity contribution in [3.05, 3.63) is 235 Å². The fourth-order valence-corrected chi connectivity index (χ4v) is 9.45. The van der Waals surface area contributed by atoms with E-state index in [0.29, 0.717) is 0 Å². The summed E-state index contributed by atoms with van der Waals surface area (Å²) in [4.78, 5) is 2.43. The minimum Gasteiger partial charge on any atom is -0.454 e. The monoisotopic (exact) mass is 741 g/mol. The summed E-state index contributed by atoms with van der Waals surface area (Å²) in [7, 11) is 0. The van der Waals surface area contributed by atoms with Crippen molar-refractivity contribution >= 4 is 39.0 Å². The first-order chi connectivity index (χ1) is 28.7. The number of anilines is 3. The van der Waals surface area contributed by atoms with Gasteiger partial charge in [-0.25, -0.2) is 0 Å². The highest BCUT2D eigenvalue weighted by Crippen LogP contribution is 2.55. The Bertz CT molecular complexity index is 3140. The summed E-state index contributed by atoms with van der Waals surface area (Å²) in [5.41, 5.74) is 18.0. The van der Waals surface area contributed by atoms with E-state index in [1.54, 1.807) is 0 Å². The molecule has 0 radical (unpaired) electrons. The number of hydrogen-bond acceptors (Lipinski definition) is 2. The number of fused-ring (bicyclic) bond motifs is 6. The molecular formula is C56H39NO. The average Bonchev–Trinajstić information content (AvgIpc) is 3.81. The third-order valence-corrected chi connectivity index (χ3v) is 12.2. The van der Waals surface area contributed by atoms with Crippen molar-refractivity contribution in [3.8, 4) is 44.5 Å². The predicted octanol–water partition coefficient (Wildman–Crippen LogP) is 15.4. The molecule has 0 bridgehead atoms. The molecule has 1 aliphatic rings. The summed E-state index contributed by atoms with van der Waals surface area (Å²) in [5, 5.41) is 2.20. The Balaban J connectivity index is 1.18. The zero-order chi connectivity index (χ0) is 38.6. The van der Waals surface area contributed by atoms with E-state index in [4.69, 9.17) is 4.42 Å². The Hall–Kier alpha value is -7.42. The molecule has 10 aromatic rings. The normalized spacial score (nSPS) is 14.4. The lowest BCUT2D eigenvalue weighted by Crippen LogP contribution is -2.23. The van der Waals surface area contributed by atoms with Gasteiger partial charge < -0.3 is 9.32 Å². The maximum atomic E-state index is 6.82. The first kappa shape index (κ1) is 33.9. The van der Waals surface area contributed by atoms with Gasteiger partial charge in [0.1, 0.15) is 5.58 Å². The second-order valence-electron chi connectivity index (χ2n) is 15.3. The topological polar surface area (TPSA) is 16.4 Å². The van der Waals surface area contributed by atoms with Crippen molar-refractivity contribution in [2.75, 3.05) is 4.90 Å². The largest absolute Gasteiger partial charge is 0.454 e. The summed E-state index contributed by atoms with van der Waals surface area (Å²) in [6.07, 6.45) is 0. The molecule has 9 aromatic carbocycles. The van der Waals surface area contributed by atoms with Crippen molar-refractivity contribution in [1.82, 2.24) is 0 Å². The Kier molecular flexibility index (Phi) is 7.97. The molecule has 274 valence electrons. The van der Waals surface area contributed by atoms with Crippen LogP contribution in [0.3, 0.4) is 0 Å². The molecule has 1 atom stereocenters. The summed E-state index contributed by atoms with van der Waals surface area (Å²) < 4.78 is 6.82. The summed E-state index contributed by atoms with van der Waals surface area (Å²) in [6.45, 7) is 2.38.